The van der Waals surface area contributed by atoms with Gasteiger partial charge in [-0.05, 0) is 34.6 Å². The number of hydrogen-bond acceptors (Lipinski definition) is 8. The highest BCUT2D eigenvalue weighted by atomic mass is 19.3. The van der Waals surface area contributed by atoms with E-state index >= 15 is 0 Å². The molecule has 0 aliphatic carbocycles. The number of aromatic nitrogens is 4. The molecule has 3 heterocycles. The summed E-state index contributed by atoms with van der Waals surface area (Å²) in [6.45, 7) is 6.47. The van der Waals surface area contributed by atoms with Gasteiger partial charge >= 0.3 is 12.7 Å². The molecule has 3 rings (SSSR count). The first-order valence-corrected chi connectivity index (χ1v) is 10.3. The van der Waals surface area contributed by atoms with Crippen LogP contribution in [0.4, 0.5) is 25.2 Å². The molecule has 0 saturated carbocycles. The number of likely N-dealkylation sites (tertiary alicyclic amines) is 1. The van der Waals surface area contributed by atoms with Gasteiger partial charge in [-0.3, -0.25) is 4.98 Å². The number of nitrogens with zero attached hydrogens (tertiary/aromatic N) is 4. The number of alkyl halides is 2. The molecular weight excluding hydrogens is 426 g/mol. The zero-order valence-corrected chi connectivity index (χ0v) is 18.6. The topological polar surface area (TPSA) is 114 Å². The van der Waals surface area contributed by atoms with Crippen LogP contribution >= 0.6 is 0 Å². The molecule has 1 fully saturated rings. The normalized spacial score (nSPS) is 21.4. The molecule has 0 unspecified atom stereocenters. The maximum absolute atomic E-state index is 12.6. The molecule has 1 aliphatic heterocycles. The van der Waals surface area contributed by atoms with Crippen LogP contribution < -0.4 is 14.8 Å². The molecule has 176 valence electrons. The van der Waals surface area contributed by atoms with E-state index in [-0.39, 0.29) is 36.0 Å². The number of aromatic amines is 1. The highest BCUT2D eigenvalue weighted by molar-refractivity contribution is 5.69. The fraction of sp³-hybridized carbons (Fsp3) is 0.600. The van der Waals surface area contributed by atoms with Gasteiger partial charge in [-0.2, -0.15) is 18.9 Å². The maximum atomic E-state index is 12.6. The number of ether oxygens (including phenoxy) is 3. The number of carbonyl (C=O) groups excluding carboxylic acids is 1. The molecule has 1 aliphatic rings. The monoisotopic (exact) mass is 454 g/mol. The molecule has 2 atom stereocenters. The lowest BCUT2D eigenvalue weighted by Crippen LogP contribution is -2.53. The van der Waals surface area contributed by atoms with E-state index in [9.17, 15) is 13.6 Å². The van der Waals surface area contributed by atoms with Crippen molar-refractivity contribution in [3.8, 4) is 11.8 Å². The van der Waals surface area contributed by atoms with E-state index in [1.54, 1.807) is 4.90 Å². The van der Waals surface area contributed by atoms with Gasteiger partial charge in [-0.15, -0.1) is 0 Å². The molecule has 1 amide bonds. The summed E-state index contributed by atoms with van der Waals surface area (Å²) < 4.78 is 40.3. The van der Waals surface area contributed by atoms with Gasteiger partial charge in [0.25, 0.3) is 0 Å². The summed E-state index contributed by atoms with van der Waals surface area (Å²) in [6, 6.07) is 1.12. The number of H-pyrrole nitrogens is 1. The van der Waals surface area contributed by atoms with Gasteiger partial charge in [0.15, 0.2) is 11.6 Å². The summed E-state index contributed by atoms with van der Waals surface area (Å²) in [5.41, 5.74) is -0.562. The van der Waals surface area contributed by atoms with Crippen molar-refractivity contribution in [3.05, 3.63) is 18.5 Å². The zero-order valence-electron chi connectivity index (χ0n) is 18.6. The second-order valence-corrected chi connectivity index (χ2v) is 8.66. The SMILES string of the molecule is C[C@@H]1CC(Oc2cncc(Nc3cc(OC(F)F)[nH]n3)n2)C[C@@H](C)N1C(=O)OC(C)(C)C. The molecule has 10 nitrogen and oxygen atoms in total. The predicted molar refractivity (Wildman–Crippen MR) is 111 cm³/mol. The van der Waals surface area contributed by atoms with Crippen LogP contribution in [0.15, 0.2) is 18.5 Å². The largest absolute Gasteiger partial charge is 0.473 e. The van der Waals surface area contributed by atoms with E-state index in [1.807, 2.05) is 34.6 Å². The Morgan fingerprint density at radius 1 is 1.22 bits per heavy atom. The minimum absolute atomic E-state index is 0.0785. The summed E-state index contributed by atoms with van der Waals surface area (Å²) in [5, 5.41) is 9.01. The van der Waals surface area contributed by atoms with Crippen molar-refractivity contribution in [2.75, 3.05) is 5.32 Å². The molecule has 32 heavy (non-hydrogen) atoms. The van der Waals surface area contributed by atoms with Crippen molar-refractivity contribution >= 4 is 17.7 Å². The Hall–Kier alpha value is -3.18. The van der Waals surface area contributed by atoms with Crippen LogP contribution in [0.1, 0.15) is 47.5 Å². The minimum Gasteiger partial charge on any atom is -0.473 e. The van der Waals surface area contributed by atoms with E-state index in [0.29, 0.717) is 24.5 Å². The number of halogens is 2. The molecule has 12 heteroatoms. The summed E-state index contributed by atoms with van der Waals surface area (Å²) in [4.78, 5) is 22.7. The quantitative estimate of drug-likeness (QED) is 0.671. The number of anilines is 2. The number of hydrogen-bond donors (Lipinski definition) is 2. The molecule has 2 aromatic rings. The molecule has 0 spiro atoms. The van der Waals surface area contributed by atoms with Gasteiger partial charge in [0.2, 0.25) is 11.8 Å². The Bertz CT molecular complexity index is 907. The lowest BCUT2D eigenvalue weighted by molar-refractivity contribution is -0.0529. The van der Waals surface area contributed by atoms with E-state index in [4.69, 9.17) is 9.47 Å². The van der Waals surface area contributed by atoms with Crippen LogP contribution in [0.25, 0.3) is 0 Å². The average Bonchev–Trinajstić information content (AvgIpc) is 3.05. The van der Waals surface area contributed by atoms with Crippen molar-refractivity contribution in [2.24, 2.45) is 0 Å². The summed E-state index contributed by atoms with van der Waals surface area (Å²) in [7, 11) is 0. The first-order valence-electron chi connectivity index (χ1n) is 10.3. The zero-order chi connectivity index (χ0) is 23.5. The number of amides is 1. The molecule has 0 bridgehead atoms. The Morgan fingerprint density at radius 2 is 1.91 bits per heavy atom. The van der Waals surface area contributed by atoms with Gasteiger partial charge in [0, 0.05) is 31.0 Å². The van der Waals surface area contributed by atoms with Crippen LogP contribution in [0.2, 0.25) is 0 Å². The average molecular weight is 454 g/mol. The van der Waals surface area contributed by atoms with Crippen molar-refractivity contribution in [1.29, 1.82) is 0 Å². The third kappa shape index (κ3) is 6.41. The van der Waals surface area contributed by atoms with E-state index in [0.717, 1.165) is 0 Å². The highest BCUT2D eigenvalue weighted by Crippen LogP contribution is 2.28. The number of rotatable bonds is 6. The minimum atomic E-state index is -2.95. The summed E-state index contributed by atoms with van der Waals surface area (Å²) >= 11 is 0. The summed E-state index contributed by atoms with van der Waals surface area (Å²) in [6.07, 6.45) is 3.64. The van der Waals surface area contributed by atoms with Crippen LogP contribution in [-0.2, 0) is 4.74 Å². The lowest BCUT2D eigenvalue weighted by atomic mass is 9.95. The smallest absolute Gasteiger partial charge is 0.410 e. The van der Waals surface area contributed by atoms with E-state index in [1.165, 1.54) is 18.5 Å². The van der Waals surface area contributed by atoms with Crippen LogP contribution in [0.5, 0.6) is 11.8 Å². The van der Waals surface area contributed by atoms with Gasteiger partial charge in [0.1, 0.15) is 11.7 Å². The van der Waals surface area contributed by atoms with Gasteiger partial charge in [-0.1, -0.05) is 0 Å². The van der Waals surface area contributed by atoms with Crippen molar-refractivity contribution < 1.29 is 27.8 Å². The van der Waals surface area contributed by atoms with E-state index in [2.05, 4.69) is 30.2 Å². The van der Waals surface area contributed by atoms with Crippen LogP contribution in [-0.4, -0.2) is 61.6 Å². The second-order valence-electron chi connectivity index (χ2n) is 8.66. The van der Waals surface area contributed by atoms with Gasteiger partial charge < -0.3 is 24.4 Å². The Morgan fingerprint density at radius 3 is 2.53 bits per heavy atom. The van der Waals surface area contributed by atoms with Gasteiger partial charge in [0.05, 0.1) is 12.4 Å². The van der Waals surface area contributed by atoms with Crippen molar-refractivity contribution in [2.45, 2.75) is 77.9 Å². The van der Waals surface area contributed by atoms with Crippen LogP contribution in [0.3, 0.4) is 0 Å². The molecule has 2 N–H and O–H groups in total. The molecule has 1 saturated heterocycles. The third-order valence-electron chi connectivity index (χ3n) is 4.69. The first kappa shape index (κ1) is 23.5. The number of piperidine rings is 1. The standard InChI is InChI=1S/C20H28F2N6O4/c1-11-6-13(7-12(2)28(11)19(29)32-20(3,4)5)30-17-10-23-9-15(25-17)24-14-8-16(27-26-14)31-18(21)22/h8-13,18H,6-7H2,1-5H3,(H2,24,25,26,27)/t11-,12-/m1/s1. The van der Waals surface area contributed by atoms with Crippen molar-refractivity contribution in [1.82, 2.24) is 25.1 Å². The maximum Gasteiger partial charge on any atom is 0.410 e. The first-order chi connectivity index (χ1) is 15.0. The fourth-order valence-corrected chi connectivity index (χ4v) is 3.58. The number of carbonyl (C=O) groups is 1. The Kier molecular flexibility index (Phi) is 6.99. The lowest BCUT2D eigenvalue weighted by Gasteiger charge is -2.42. The third-order valence-corrected chi connectivity index (χ3v) is 4.69. The number of nitrogens with one attached hydrogen (secondary N) is 2. The fourth-order valence-electron chi connectivity index (χ4n) is 3.58. The Labute approximate surface area is 184 Å². The van der Waals surface area contributed by atoms with Crippen LogP contribution in [0, 0.1) is 0 Å². The highest BCUT2D eigenvalue weighted by Gasteiger charge is 2.37. The molecule has 2 aromatic heterocycles. The van der Waals surface area contributed by atoms with E-state index < -0.39 is 12.2 Å². The molecule has 0 aromatic carbocycles. The Balaban J connectivity index is 1.60. The second kappa shape index (κ2) is 9.53. The van der Waals surface area contributed by atoms with Crippen molar-refractivity contribution in [3.63, 3.8) is 0 Å². The predicted octanol–water partition coefficient (Wildman–Crippen LogP) is 4.10. The molecule has 0 radical (unpaired) electrons. The molecular formula is C20H28F2N6O4. The summed E-state index contributed by atoms with van der Waals surface area (Å²) in [5.74, 6) is 0.678. The van der Waals surface area contributed by atoms with Gasteiger partial charge in [-0.25, -0.2) is 9.89 Å².